The van der Waals surface area contributed by atoms with Crippen molar-refractivity contribution in [3.63, 3.8) is 0 Å². The lowest BCUT2D eigenvalue weighted by Gasteiger charge is -2.00. The number of esters is 1. The van der Waals surface area contributed by atoms with E-state index in [4.69, 9.17) is 4.74 Å². The summed E-state index contributed by atoms with van der Waals surface area (Å²) in [6.45, 7) is 0. The van der Waals surface area contributed by atoms with E-state index in [1.165, 1.54) is 31.6 Å². The second-order valence-electron chi connectivity index (χ2n) is 4.01. The molecule has 0 fully saturated rings. The Morgan fingerprint density at radius 2 is 2.05 bits per heavy atom. The summed E-state index contributed by atoms with van der Waals surface area (Å²) in [5.41, 5.74) is 0.575. The number of aromatic nitrogens is 1. The highest BCUT2D eigenvalue weighted by Crippen LogP contribution is 2.33. The van der Waals surface area contributed by atoms with Gasteiger partial charge in [0.15, 0.2) is 11.5 Å². The first-order valence-corrected chi connectivity index (χ1v) is 6.64. The third-order valence-electron chi connectivity index (χ3n) is 2.70. The van der Waals surface area contributed by atoms with Crippen molar-refractivity contribution in [3.8, 4) is 11.6 Å². The number of nitrogens with zero attached hydrogens (tertiary/aromatic N) is 1. The van der Waals surface area contributed by atoms with Gasteiger partial charge in [-0.2, -0.15) is 0 Å². The van der Waals surface area contributed by atoms with Crippen molar-refractivity contribution in [2.45, 2.75) is 12.8 Å². The molecule has 0 atom stereocenters. The van der Waals surface area contributed by atoms with Gasteiger partial charge in [-0.1, -0.05) is 0 Å². The molecule has 0 saturated carbocycles. The number of hydrogen-bond donors (Lipinski definition) is 1. The molecule has 0 bridgehead atoms. The predicted octanol–water partition coefficient (Wildman–Crippen LogP) is 2.15. The van der Waals surface area contributed by atoms with Crippen LogP contribution in [0.3, 0.4) is 0 Å². The van der Waals surface area contributed by atoms with E-state index >= 15 is 0 Å². The number of pyridine rings is 1. The first-order valence-electron chi connectivity index (χ1n) is 5.82. The predicted molar refractivity (Wildman–Crippen MR) is 73.4 cm³/mol. The first-order chi connectivity index (χ1) is 9.55. The lowest BCUT2D eigenvalue weighted by molar-refractivity contribution is -0.140. The van der Waals surface area contributed by atoms with Gasteiger partial charge < -0.3 is 14.6 Å². The van der Waals surface area contributed by atoms with Crippen molar-refractivity contribution in [1.82, 2.24) is 4.98 Å². The van der Waals surface area contributed by atoms with Crippen LogP contribution in [0.25, 0.3) is 10.2 Å². The lowest BCUT2D eigenvalue weighted by Crippen LogP contribution is -2.04. The van der Waals surface area contributed by atoms with Crippen LogP contribution in [0.2, 0.25) is 0 Å². The standard InChI is InChI=1S/C13H13NO5S/c1-18-12(17)4-3-8(15)11-5-7-10(20-11)6-9(16)13(14-7)19-2/h5-6,16H,3-4H2,1-2H3. The molecule has 6 nitrogen and oxygen atoms in total. The number of rotatable bonds is 5. The van der Waals surface area contributed by atoms with Crippen LogP contribution in [0.5, 0.6) is 11.6 Å². The molecule has 2 aromatic heterocycles. The minimum absolute atomic E-state index is 0.0472. The molecule has 1 N–H and O–H groups in total. The smallest absolute Gasteiger partial charge is 0.305 e. The normalized spacial score (nSPS) is 10.5. The lowest BCUT2D eigenvalue weighted by atomic mass is 10.2. The molecule has 0 radical (unpaired) electrons. The fourth-order valence-corrected chi connectivity index (χ4v) is 2.67. The largest absolute Gasteiger partial charge is 0.503 e. The van der Waals surface area contributed by atoms with E-state index < -0.39 is 5.97 Å². The number of methoxy groups -OCH3 is 2. The third-order valence-corrected chi connectivity index (χ3v) is 3.81. The molecule has 0 amide bonds. The van der Waals surface area contributed by atoms with Crippen molar-refractivity contribution in [3.05, 3.63) is 17.0 Å². The van der Waals surface area contributed by atoms with Gasteiger partial charge in [0.2, 0.25) is 0 Å². The molecule has 0 spiro atoms. The fourth-order valence-electron chi connectivity index (χ4n) is 1.67. The van der Waals surface area contributed by atoms with Crippen LogP contribution in [0.15, 0.2) is 12.1 Å². The zero-order valence-electron chi connectivity index (χ0n) is 11.0. The minimum atomic E-state index is -0.420. The summed E-state index contributed by atoms with van der Waals surface area (Å²) in [4.78, 5) is 27.6. The van der Waals surface area contributed by atoms with E-state index in [-0.39, 0.29) is 30.3 Å². The van der Waals surface area contributed by atoms with Crippen LogP contribution in [0, 0.1) is 0 Å². The number of carbonyl (C=O) groups excluding carboxylic acids is 2. The van der Waals surface area contributed by atoms with Gasteiger partial charge in [0.05, 0.1) is 35.7 Å². The summed E-state index contributed by atoms with van der Waals surface area (Å²) < 4.78 is 10.1. The highest BCUT2D eigenvalue weighted by molar-refractivity contribution is 7.20. The second-order valence-corrected chi connectivity index (χ2v) is 5.09. The van der Waals surface area contributed by atoms with Gasteiger partial charge in [0.1, 0.15) is 0 Å². The molecule has 2 rings (SSSR count). The Labute approximate surface area is 119 Å². The van der Waals surface area contributed by atoms with Gasteiger partial charge >= 0.3 is 5.97 Å². The summed E-state index contributed by atoms with van der Waals surface area (Å²) in [7, 11) is 2.69. The van der Waals surface area contributed by atoms with Crippen molar-refractivity contribution in [2.24, 2.45) is 0 Å². The van der Waals surface area contributed by atoms with Gasteiger partial charge in [-0.15, -0.1) is 11.3 Å². The minimum Gasteiger partial charge on any atom is -0.503 e. The molecule has 0 saturated heterocycles. The zero-order valence-corrected chi connectivity index (χ0v) is 11.8. The molecule has 7 heteroatoms. The Hall–Kier alpha value is -2.15. The maximum absolute atomic E-state index is 12.0. The Bertz CT molecular complexity index is 664. The van der Waals surface area contributed by atoms with Gasteiger partial charge in [0.25, 0.3) is 5.88 Å². The van der Waals surface area contributed by atoms with E-state index in [9.17, 15) is 14.7 Å². The quantitative estimate of drug-likeness (QED) is 0.672. The number of ketones is 1. The summed E-state index contributed by atoms with van der Waals surface area (Å²) in [5, 5.41) is 9.64. The summed E-state index contributed by atoms with van der Waals surface area (Å²) in [6, 6.07) is 3.13. The Morgan fingerprint density at radius 3 is 2.70 bits per heavy atom. The molecule has 20 heavy (non-hydrogen) atoms. The molecule has 106 valence electrons. The number of ether oxygens (including phenoxy) is 2. The van der Waals surface area contributed by atoms with Gasteiger partial charge in [0, 0.05) is 12.5 Å². The van der Waals surface area contributed by atoms with Crippen molar-refractivity contribution >= 4 is 33.3 Å². The Balaban J connectivity index is 2.23. The number of fused-ring (bicyclic) bond motifs is 1. The van der Waals surface area contributed by atoms with Crippen LogP contribution < -0.4 is 4.74 Å². The fraction of sp³-hybridized carbons (Fsp3) is 0.308. The molecule has 2 aromatic rings. The average Bonchev–Trinajstić information content (AvgIpc) is 2.85. The van der Waals surface area contributed by atoms with Gasteiger partial charge in [-0.05, 0) is 6.07 Å². The van der Waals surface area contributed by atoms with E-state index in [1.54, 1.807) is 6.07 Å². The maximum atomic E-state index is 12.0. The maximum Gasteiger partial charge on any atom is 0.305 e. The SMILES string of the molecule is COC(=O)CCC(=O)c1cc2nc(OC)c(O)cc2s1. The number of Topliss-reactive ketones (excluding diaryl/α,β-unsaturated/α-hetero) is 1. The highest BCUT2D eigenvalue weighted by Gasteiger charge is 2.15. The van der Waals surface area contributed by atoms with Crippen LogP contribution in [-0.4, -0.2) is 36.1 Å². The first kappa shape index (κ1) is 14.3. The van der Waals surface area contributed by atoms with E-state index in [0.717, 1.165) is 0 Å². The summed E-state index contributed by atoms with van der Waals surface area (Å²) in [5.74, 6) is -0.534. The number of aromatic hydroxyl groups is 1. The Kier molecular flexibility index (Phi) is 4.19. The number of hydrogen-bond acceptors (Lipinski definition) is 7. The van der Waals surface area contributed by atoms with Gasteiger partial charge in [-0.25, -0.2) is 4.98 Å². The zero-order chi connectivity index (χ0) is 14.7. The average molecular weight is 295 g/mol. The molecular formula is C13H13NO5S. The van der Waals surface area contributed by atoms with Crippen molar-refractivity contribution in [1.29, 1.82) is 0 Å². The molecular weight excluding hydrogens is 282 g/mol. The summed E-state index contributed by atoms with van der Waals surface area (Å²) >= 11 is 1.22. The van der Waals surface area contributed by atoms with Crippen LogP contribution in [-0.2, 0) is 9.53 Å². The number of carbonyl (C=O) groups is 2. The van der Waals surface area contributed by atoms with E-state index in [2.05, 4.69) is 9.72 Å². The monoisotopic (exact) mass is 295 g/mol. The molecule has 0 aliphatic heterocycles. The second kappa shape index (κ2) is 5.87. The molecule has 2 heterocycles. The van der Waals surface area contributed by atoms with Crippen LogP contribution >= 0.6 is 11.3 Å². The van der Waals surface area contributed by atoms with Crippen molar-refractivity contribution in [2.75, 3.05) is 14.2 Å². The highest BCUT2D eigenvalue weighted by atomic mass is 32.1. The molecule has 0 aliphatic rings. The van der Waals surface area contributed by atoms with Gasteiger partial charge in [-0.3, -0.25) is 9.59 Å². The van der Waals surface area contributed by atoms with E-state index in [0.29, 0.717) is 15.1 Å². The summed E-state index contributed by atoms with van der Waals surface area (Å²) in [6.07, 6.45) is 0.133. The molecule has 0 unspecified atom stereocenters. The molecule has 0 aromatic carbocycles. The van der Waals surface area contributed by atoms with E-state index in [1.807, 2.05) is 0 Å². The topological polar surface area (TPSA) is 85.7 Å². The Morgan fingerprint density at radius 1 is 1.30 bits per heavy atom. The molecule has 0 aliphatic carbocycles. The number of thiophene rings is 1. The van der Waals surface area contributed by atoms with Crippen molar-refractivity contribution < 1.29 is 24.2 Å². The van der Waals surface area contributed by atoms with Crippen LogP contribution in [0.1, 0.15) is 22.5 Å². The van der Waals surface area contributed by atoms with Crippen LogP contribution in [0.4, 0.5) is 0 Å². The third kappa shape index (κ3) is 2.88.